The largest absolute Gasteiger partial charge is 0.343 e. The van der Waals surface area contributed by atoms with Crippen LogP contribution < -0.4 is 5.56 Å². The number of carbonyl (C=O) groups is 1. The van der Waals surface area contributed by atoms with Crippen LogP contribution in [0.1, 0.15) is 31.0 Å². The molecule has 0 aromatic carbocycles. The minimum absolute atomic E-state index is 0.0359. The molecule has 1 aliphatic rings. The Morgan fingerprint density at radius 3 is 2.70 bits per heavy atom. The van der Waals surface area contributed by atoms with E-state index in [4.69, 9.17) is 0 Å². The van der Waals surface area contributed by atoms with Gasteiger partial charge in [-0.05, 0) is 31.0 Å². The first-order chi connectivity index (χ1) is 11.1. The van der Waals surface area contributed by atoms with Crippen molar-refractivity contribution in [2.24, 2.45) is 0 Å². The molecule has 1 amide bonds. The number of aromatic nitrogens is 2. The minimum Gasteiger partial charge on any atom is -0.343 e. The first kappa shape index (κ1) is 15.7. The summed E-state index contributed by atoms with van der Waals surface area (Å²) in [6, 6.07) is 4.08. The van der Waals surface area contributed by atoms with Gasteiger partial charge in [0, 0.05) is 44.0 Å². The molecule has 1 N–H and O–H groups in total. The van der Waals surface area contributed by atoms with Gasteiger partial charge in [0.25, 0.3) is 5.56 Å². The molecule has 6 heteroatoms. The Hall–Kier alpha value is -2.21. The zero-order valence-electron chi connectivity index (χ0n) is 13.6. The molecule has 0 bridgehead atoms. The SMILES string of the molecule is CCc1cc2ncc(C(C)N3CCN(C=O)CC3)cc2[nH]c1=O. The summed E-state index contributed by atoms with van der Waals surface area (Å²) < 4.78 is 0. The standard InChI is InChI=1S/C17H22N4O2/c1-3-13-8-15-16(19-17(13)23)9-14(10-18-15)12(2)21-6-4-20(11-22)5-7-21/h8-12H,3-7H2,1-2H3,(H,19,23). The van der Waals surface area contributed by atoms with Crippen LogP contribution in [0.25, 0.3) is 11.0 Å². The number of hydrogen-bond acceptors (Lipinski definition) is 4. The van der Waals surface area contributed by atoms with E-state index < -0.39 is 0 Å². The van der Waals surface area contributed by atoms with E-state index in [9.17, 15) is 9.59 Å². The number of aromatic amines is 1. The van der Waals surface area contributed by atoms with Crippen molar-refractivity contribution in [3.8, 4) is 0 Å². The van der Waals surface area contributed by atoms with Gasteiger partial charge < -0.3 is 9.88 Å². The van der Waals surface area contributed by atoms with E-state index in [-0.39, 0.29) is 11.6 Å². The Bertz CT molecular complexity index is 763. The van der Waals surface area contributed by atoms with Crippen molar-refractivity contribution in [1.29, 1.82) is 0 Å². The fourth-order valence-corrected chi connectivity index (χ4v) is 3.07. The number of hydrogen-bond donors (Lipinski definition) is 1. The molecule has 3 heterocycles. The third kappa shape index (κ3) is 3.12. The maximum atomic E-state index is 12.0. The topological polar surface area (TPSA) is 69.3 Å². The zero-order valence-corrected chi connectivity index (χ0v) is 13.6. The summed E-state index contributed by atoms with van der Waals surface area (Å²) in [4.78, 5) is 34.4. The highest BCUT2D eigenvalue weighted by atomic mass is 16.1. The van der Waals surface area contributed by atoms with E-state index in [0.29, 0.717) is 6.42 Å². The van der Waals surface area contributed by atoms with E-state index in [2.05, 4.69) is 21.8 Å². The number of piperazine rings is 1. The predicted molar refractivity (Wildman–Crippen MR) is 89.4 cm³/mol. The van der Waals surface area contributed by atoms with Crippen LogP contribution in [0, 0.1) is 0 Å². The minimum atomic E-state index is -0.0359. The van der Waals surface area contributed by atoms with Gasteiger partial charge in [-0.3, -0.25) is 19.5 Å². The smallest absolute Gasteiger partial charge is 0.251 e. The molecule has 1 fully saturated rings. The first-order valence-electron chi connectivity index (χ1n) is 8.07. The van der Waals surface area contributed by atoms with E-state index in [1.807, 2.05) is 25.3 Å². The highest BCUT2D eigenvalue weighted by Gasteiger charge is 2.21. The van der Waals surface area contributed by atoms with Crippen molar-refractivity contribution >= 4 is 17.4 Å². The number of pyridine rings is 2. The maximum Gasteiger partial charge on any atom is 0.251 e. The van der Waals surface area contributed by atoms with Crippen LogP contribution in [0.3, 0.4) is 0 Å². The molecular weight excluding hydrogens is 292 g/mol. The number of amides is 1. The summed E-state index contributed by atoms with van der Waals surface area (Å²) in [6.07, 6.45) is 3.50. The lowest BCUT2D eigenvalue weighted by atomic mass is 10.1. The Kier molecular flexibility index (Phi) is 4.43. The van der Waals surface area contributed by atoms with Crippen molar-refractivity contribution in [3.63, 3.8) is 0 Å². The summed E-state index contributed by atoms with van der Waals surface area (Å²) in [5.74, 6) is 0. The molecule has 0 spiro atoms. The lowest BCUT2D eigenvalue weighted by Crippen LogP contribution is -2.46. The molecule has 1 unspecified atom stereocenters. The molecule has 0 aliphatic carbocycles. The van der Waals surface area contributed by atoms with Crippen molar-refractivity contribution in [2.75, 3.05) is 26.2 Å². The molecule has 122 valence electrons. The Morgan fingerprint density at radius 2 is 2.04 bits per heavy atom. The second-order valence-corrected chi connectivity index (χ2v) is 6.03. The van der Waals surface area contributed by atoms with Crippen LogP contribution in [0.2, 0.25) is 0 Å². The molecule has 0 radical (unpaired) electrons. The summed E-state index contributed by atoms with van der Waals surface area (Å²) in [5.41, 5.74) is 3.41. The molecule has 1 saturated heterocycles. The van der Waals surface area contributed by atoms with Gasteiger partial charge in [-0.25, -0.2) is 0 Å². The Labute approximate surface area is 135 Å². The van der Waals surface area contributed by atoms with Gasteiger partial charge in [0.05, 0.1) is 11.0 Å². The van der Waals surface area contributed by atoms with Crippen molar-refractivity contribution < 1.29 is 4.79 Å². The highest BCUT2D eigenvalue weighted by Crippen LogP contribution is 2.23. The second kappa shape index (κ2) is 6.50. The van der Waals surface area contributed by atoms with Gasteiger partial charge in [0.1, 0.15) is 0 Å². The van der Waals surface area contributed by atoms with Crippen LogP contribution >= 0.6 is 0 Å². The average Bonchev–Trinajstić information content (AvgIpc) is 2.60. The van der Waals surface area contributed by atoms with Gasteiger partial charge in [-0.2, -0.15) is 0 Å². The van der Waals surface area contributed by atoms with Gasteiger partial charge in [-0.15, -0.1) is 0 Å². The third-order valence-electron chi connectivity index (χ3n) is 4.70. The summed E-state index contributed by atoms with van der Waals surface area (Å²) in [6.45, 7) is 7.31. The fourth-order valence-electron chi connectivity index (χ4n) is 3.07. The number of fused-ring (bicyclic) bond motifs is 1. The summed E-state index contributed by atoms with van der Waals surface area (Å²) in [5, 5.41) is 0. The van der Waals surface area contributed by atoms with E-state index in [1.165, 1.54) is 0 Å². The highest BCUT2D eigenvalue weighted by molar-refractivity contribution is 5.75. The molecule has 6 nitrogen and oxygen atoms in total. The molecule has 2 aromatic heterocycles. The molecule has 1 atom stereocenters. The lowest BCUT2D eigenvalue weighted by molar-refractivity contribution is -0.120. The zero-order chi connectivity index (χ0) is 16.4. The van der Waals surface area contributed by atoms with Gasteiger partial charge in [0.15, 0.2) is 0 Å². The van der Waals surface area contributed by atoms with Crippen LogP contribution in [0.4, 0.5) is 0 Å². The van der Waals surface area contributed by atoms with Gasteiger partial charge >= 0.3 is 0 Å². The summed E-state index contributed by atoms with van der Waals surface area (Å²) >= 11 is 0. The van der Waals surface area contributed by atoms with Crippen LogP contribution in [-0.2, 0) is 11.2 Å². The number of nitrogens with one attached hydrogen (secondary N) is 1. The van der Waals surface area contributed by atoms with Crippen molar-refractivity contribution in [1.82, 2.24) is 19.8 Å². The van der Waals surface area contributed by atoms with Gasteiger partial charge in [-0.1, -0.05) is 6.92 Å². The maximum absolute atomic E-state index is 12.0. The predicted octanol–water partition coefficient (Wildman–Crippen LogP) is 1.32. The molecule has 23 heavy (non-hydrogen) atoms. The second-order valence-electron chi connectivity index (χ2n) is 6.03. The Balaban J connectivity index is 1.85. The van der Waals surface area contributed by atoms with Crippen LogP contribution in [-0.4, -0.2) is 52.4 Å². The van der Waals surface area contributed by atoms with Crippen molar-refractivity contribution in [3.05, 3.63) is 39.8 Å². The number of H-pyrrole nitrogens is 1. The van der Waals surface area contributed by atoms with Gasteiger partial charge in [0.2, 0.25) is 6.41 Å². The van der Waals surface area contributed by atoms with E-state index in [0.717, 1.165) is 54.7 Å². The molecular formula is C17H22N4O2. The molecule has 0 saturated carbocycles. The number of aryl methyl sites for hydroxylation is 1. The monoisotopic (exact) mass is 314 g/mol. The normalized spacial score (nSPS) is 17.4. The lowest BCUT2D eigenvalue weighted by Gasteiger charge is -2.36. The summed E-state index contributed by atoms with van der Waals surface area (Å²) in [7, 11) is 0. The number of rotatable bonds is 4. The molecule has 1 aliphatic heterocycles. The fraction of sp³-hybridized carbons (Fsp3) is 0.471. The number of nitrogens with zero attached hydrogens (tertiary/aromatic N) is 3. The third-order valence-corrected chi connectivity index (χ3v) is 4.70. The quantitative estimate of drug-likeness (QED) is 0.864. The first-order valence-corrected chi connectivity index (χ1v) is 8.07. The van der Waals surface area contributed by atoms with E-state index in [1.54, 1.807) is 4.90 Å². The van der Waals surface area contributed by atoms with Crippen LogP contribution in [0.5, 0.6) is 0 Å². The Morgan fingerprint density at radius 1 is 1.30 bits per heavy atom. The molecule has 3 rings (SSSR count). The van der Waals surface area contributed by atoms with Crippen molar-refractivity contribution in [2.45, 2.75) is 26.3 Å². The molecule has 2 aromatic rings. The average molecular weight is 314 g/mol. The van der Waals surface area contributed by atoms with Crippen LogP contribution in [0.15, 0.2) is 23.1 Å². The number of carbonyl (C=O) groups excluding carboxylic acids is 1. The van der Waals surface area contributed by atoms with E-state index >= 15 is 0 Å².